The van der Waals surface area contributed by atoms with Crippen molar-refractivity contribution >= 4 is 38.6 Å². The predicted molar refractivity (Wildman–Crippen MR) is 75.8 cm³/mol. The first-order chi connectivity index (χ1) is 8.96. The SMILES string of the molecule is NC(=S)c1ccc(S(=O)(=O)N2CCOCC2CO)s1. The lowest BCUT2D eigenvalue weighted by Gasteiger charge is -2.32. The van der Waals surface area contributed by atoms with Crippen molar-refractivity contribution in [2.45, 2.75) is 10.3 Å². The van der Waals surface area contributed by atoms with Crippen molar-refractivity contribution < 1.29 is 18.3 Å². The van der Waals surface area contributed by atoms with Gasteiger partial charge in [0, 0.05) is 6.54 Å². The van der Waals surface area contributed by atoms with Crippen LogP contribution in [0.4, 0.5) is 0 Å². The van der Waals surface area contributed by atoms with Gasteiger partial charge in [0.2, 0.25) is 0 Å². The lowest BCUT2D eigenvalue weighted by molar-refractivity contribution is 0.0110. The Kier molecular flexibility index (Phi) is 4.54. The van der Waals surface area contributed by atoms with E-state index in [1.165, 1.54) is 10.4 Å². The molecule has 0 aromatic carbocycles. The molecule has 2 heterocycles. The summed E-state index contributed by atoms with van der Waals surface area (Å²) < 4.78 is 31.6. The average molecular weight is 322 g/mol. The Balaban J connectivity index is 2.32. The fourth-order valence-corrected chi connectivity index (χ4v) is 4.87. The number of aliphatic hydroxyl groups excluding tert-OH is 1. The van der Waals surface area contributed by atoms with Gasteiger partial charge in [-0.15, -0.1) is 11.3 Å². The molecule has 1 aromatic rings. The van der Waals surface area contributed by atoms with Gasteiger partial charge in [-0.3, -0.25) is 0 Å². The van der Waals surface area contributed by atoms with E-state index in [-0.39, 0.29) is 29.0 Å². The summed E-state index contributed by atoms with van der Waals surface area (Å²) in [6.45, 7) is 0.479. The summed E-state index contributed by atoms with van der Waals surface area (Å²) in [5.74, 6) is 0. The number of ether oxygens (including phenoxy) is 1. The highest BCUT2D eigenvalue weighted by atomic mass is 32.2. The third-order valence-corrected chi connectivity index (χ3v) is 6.66. The third-order valence-electron chi connectivity index (χ3n) is 2.77. The van der Waals surface area contributed by atoms with E-state index in [2.05, 4.69) is 0 Å². The fourth-order valence-electron chi connectivity index (χ4n) is 1.81. The lowest BCUT2D eigenvalue weighted by Crippen LogP contribution is -2.50. The fraction of sp³-hybridized carbons (Fsp3) is 0.500. The second-order valence-electron chi connectivity index (χ2n) is 4.01. The maximum absolute atomic E-state index is 12.5. The van der Waals surface area contributed by atoms with Gasteiger partial charge in [-0.1, -0.05) is 12.2 Å². The summed E-state index contributed by atoms with van der Waals surface area (Å²) in [5, 5.41) is 9.24. The zero-order chi connectivity index (χ0) is 14.0. The molecule has 1 aromatic heterocycles. The molecule has 0 spiro atoms. The van der Waals surface area contributed by atoms with Crippen molar-refractivity contribution in [3.63, 3.8) is 0 Å². The Labute approximate surface area is 120 Å². The minimum atomic E-state index is -3.64. The van der Waals surface area contributed by atoms with Gasteiger partial charge in [-0.25, -0.2) is 8.42 Å². The van der Waals surface area contributed by atoms with E-state index in [4.69, 9.17) is 22.7 Å². The van der Waals surface area contributed by atoms with Crippen molar-refractivity contribution in [2.24, 2.45) is 5.73 Å². The summed E-state index contributed by atoms with van der Waals surface area (Å²) in [5.41, 5.74) is 5.48. The van der Waals surface area contributed by atoms with Crippen LogP contribution in [-0.2, 0) is 14.8 Å². The lowest BCUT2D eigenvalue weighted by atomic mass is 10.3. The van der Waals surface area contributed by atoms with Gasteiger partial charge in [-0.05, 0) is 12.1 Å². The Bertz CT molecular complexity index is 569. The molecule has 0 bridgehead atoms. The van der Waals surface area contributed by atoms with E-state index in [9.17, 15) is 13.5 Å². The smallest absolute Gasteiger partial charge is 0.253 e. The summed E-state index contributed by atoms with van der Waals surface area (Å²) in [7, 11) is -3.64. The molecule has 0 saturated carbocycles. The summed E-state index contributed by atoms with van der Waals surface area (Å²) >= 11 is 5.86. The first-order valence-electron chi connectivity index (χ1n) is 5.57. The molecule has 1 unspecified atom stereocenters. The Morgan fingerprint density at radius 2 is 2.37 bits per heavy atom. The molecule has 0 amide bonds. The maximum atomic E-state index is 12.5. The first-order valence-corrected chi connectivity index (χ1v) is 8.23. The number of hydrogen-bond acceptors (Lipinski definition) is 6. The second-order valence-corrected chi connectivity index (χ2v) is 7.65. The van der Waals surface area contributed by atoms with Crippen LogP contribution < -0.4 is 5.73 Å². The van der Waals surface area contributed by atoms with Crippen LogP contribution in [0.25, 0.3) is 0 Å². The van der Waals surface area contributed by atoms with Crippen molar-refractivity contribution in [1.29, 1.82) is 0 Å². The molecule has 2 rings (SSSR count). The third kappa shape index (κ3) is 2.96. The number of nitrogens with two attached hydrogens (primary N) is 1. The molecule has 0 aliphatic carbocycles. The van der Waals surface area contributed by atoms with Crippen LogP contribution in [0.3, 0.4) is 0 Å². The van der Waals surface area contributed by atoms with E-state index < -0.39 is 16.1 Å². The van der Waals surface area contributed by atoms with Crippen LogP contribution in [0.15, 0.2) is 16.3 Å². The molecule has 1 saturated heterocycles. The van der Waals surface area contributed by atoms with Gasteiger partial charge in [0.25, 0.3) is 10.0 Å². The number of thiocarbonyl (C=S) groups is 1. The van der Waals surface area contributed by atoms with Crippen LogP contribution in [0.2, 0.25) is 0 Å². The van der Waals surface area contributed by atoms with Crippen LogP contribution in [0.1, 0.15) is 4.88 Å². The van der Waals surface area contributed by atoms with Crippen molar-refractivity contribution in [3.8, 4) is 0 Å². The predicted octanol–water partition coefficient (Wildman–Crippen LogP) is -0.236. The highest BCUT2D eigenvalue weighted by Gasteiger charge is 2.34. The minimum absolute atomic E-state index is 0.173. The maximum Gasteiger partial charge on any atom is 0.253 e. The molecule has 9 heteroatoms. The van der Waals surface area contributed by atoms with E-state index in [0.717, 1.165) is 11.3 Å². The van der Waals surface area contributed by atoms with Crippen molar-refractivity contribution in [2.75, 3.05) is 26.4 Å². The quantitative estimate of drug-likeness (QED) is 0.744. The monoisotopic (exact) mass is 322 g/mol. The number of morpholine rings is 1. The number of sulfonamides is 1. The molecule has 1 aliphatic rings. The molecule has 1 aliphatic heterocycles. The molecule has 1 atom stereocenters. The number of hydrogen-bond donors (Lipinski definition) is 2. The van der Waals surface area contributed by atoms with Crippen molar-refractivity contribution in [3.05, 3.63) is 17.0 Å². The summed E-state index contributed by atoms with van der Waals surface area (Å²) in [4.78, 5) is 0.731. The topological polar surface area (TPSA) is 92.9 Å². The van der Waals surface area contributed by atoms with Crippen LogP contribution in [0.5, 0.6) is 0 Å². The van der Waals surface area contributed by atoms with Gasteiger partial charge in [0.05, 0.1) is 30.7 Å². The molecule has 6 nitrogen and oxygen atoms in total. The van der Waals surface area contributed by atoms with E-state index >= 15 is 0 Å². The normalized spacial score (nSPS) is 21.4. The van der Waals surface area contributed by atoms with Gasteiger partial charge in [-0.2, -0.15) is 4.31 Å². The van der Waals surface area contributed by atoms with Gasteiger partial charge < -0.3 is 15.6 Å². The van der Waals surface area contributed by atoms with E-state index in [1.54, 1.807) is 6.07 Å². The zero-order valence-electron chi connectivity index (χ0n) is 9.98. The molecule has 0 radical (unpaired) electrons. The highest BCUT2D eigenvalue weighted by Crippen LogP contribution is 2.27. The standard InChI is InChI=1S/C10H14N2O4S3/c11-10(17)8-1-2-9(18-8)19(14,15)12-3-4-16-6-7(12)5-13/h1-2,7,13H,3-6H2,(H2,11,17). The minimum Gasteiger partial charge on any atom is -0.395 e. The Hall–Kier alpha value is -0.580. The molecule has 106 valence electrons. The van der Waals surface area contributed by atoms with Gasteiger partial charge >= 0.3 is 0 Å². The average Bonchev–Trinajstić information content (AvgIpc) is 2.89. The Morgan fingerprint density at radius 1 is 1.63 bits per heavy atom. The molecular weight excluding hydrogens is 308 g/mol. The number of aliphatic hydroxyl groups is 1. The number of thiophene rings is 1. The number of rotatable bonds is 4. The van der Waals surface area contributed by atoms with Crippen LogP contribution in [0, 0.1) is 0 Å². The second kappa shape index (κ2) is 5.81. The molecule has 3 N–H and O–H groups in total. The first kappa shape index (κ1) is 14.8. The summed E-state index contributed by atoms with van der Waals surface area (Å²) in [6, 6.07) is 2.53. The highest BCUT2D eigenvalue weighted by molar-refractivity contribution is 7.91. The van der Waals surface area contributed by atoms with Crippen LogP contribution in [-0.4, -0.2) is 55.2 Å². The van der Waals surface area contributed by atoms with Gasteiger partial charge in [0.15, 0.2) is 0 Å². The molecule has 19 heavy (non-hydrogen) atoms. The van der Waals surface area contributed by atoms with Crippen LogP contribution >= 0.6 is 23.6 Å². The van der Waals surface area contributed by atoms with E-state index in [0.29, 0.717) is 11.5 Å². The van der Waals surface area contributed by atoms with Gasteiger partial charge in [0.1, 0.15) is 9.20 Å². The number of nitrogens with zero attached hydrogens (tertiary/aromatic N) is 1. The summed E-state index contributed by atoms with van der Waals surface area (Å²) in [6.07, 6.45) is 0. The largest absolute Gasteiger partial charge is 0.395 e. The zero-order valence-corrected chi connectivity index (χ0v) is 12.4. The molecule has 1 fully saturated rings. The Morgan fingerprint density at radius 3 is 2.95 bits per heavy atom. The van der Waals surface area contributed by atoms with Crippen molar-refractivity contribution in [1.82, 2.24) is 4.31 Å². The van der Waals surface area contributed by atoms with E-state index in [1.807, 2.05) is 0 Å². The molecular formula is C10H14N2O4S3.